The summed E-state index contributed by atoms with van der Waals surface area (Å²) < 4.78 is 96.9. The van der Waals surface area contributed by atoms with Crippen LogP contribution in [0.15, 0.2) is 23.8 Å². The van der Waals surface area contributed by atoms with E-state index in [1.807, 2.05) is 6.08 Å². The Balaban J connectivity index is 1.39. The number of halogens is 7. The number of alkyl halides is 5. The minimum Gasteiger partial charge on any atom is -0.493 e. The predicted octanol–water partition coefficient (Wildman–Crippen LogP) is 5.24. The van der Waals surface area contributed by atoms with Gasteiger partial charge in [-0.25, -0.2) is 8.78 Å². The number of hydrogen-bond acceptors (Lipinski definition) is 3. The number of ether oxygens (including phenoxy) is 1. The van der Waals surface area contributed by atoms with Crippen molar-refractivity contribution in [2.24, 2.45) is 0 Å². The molecule has 1 aromatic carbocycles. The fourth-order valence-electron chi connectivity index (χ4n) is 3.49. The highest BCUT2D eigenvalue weighted by atomic mass is 19.4. The predicted molar refractivity (Wildman–Crippen MR) is 106 cm³/mol. The highest BCUT2D eigenvalue weighted by Crippen LogP contribution is 2.36. The van der Waals surface area contributed by atoms with Gasteiger partial charge in [0.2, 0.25) is 0 Å². The van der Waals surface area contributed by atoms with Crippen LogP contribution in [0.4, 0.5) is 30.7 Å². The molecular formula is C22H25F7N2O2. The van der Waals surface area contributed by atoms with E-state index in [9.17, 15) is 35.5 Å². The summed E-state index contributed by atoms with van der Waals surface area (Å²) in [6.45, 7) is -0.952. The molecule has 0 unspecified atom stereocenters. The van der Waals surface area contributed by atoms with Crippen LogP contribution in [0, 0.1) is 11.6 Å². The quantitative estimate of drug-likeness (QED) is 0.298. The molecule has 1 aliphatic carbocycles. The second kappa shape index (κ2) is 10.3. The largest absolute Gasteiger partial charge is 0.493 e. The summed E-state index contributed by atoms with van der Waals surface area (Å²) in [7, 11) is 0. The van der Waals surface area contributed by atoms with Gasteiger partial charge in [0.15, 0.2) is 0 Å². The highest BCUT2D eigenvalue weighted by molar-refractivity contribution is 5.95. The molecule has 4 nitrogen and oxygen atoms in total. The van der Waals surface area contributed by atoms with Crippen molar-refractivity contribution in [1.29, 1.82) is 0 Å². The fourth-order valence-corrected chi connectivity index (χ4v) is 3.49. The van der Waals surface area contributed by atoms with Crippen LogP contribution >= 0.6 is 0 Å². The van der Waals surface area contributed by atoms with Crippen molar-refractivity contribution in [2.45, 2.75) is 56.7 Å². The van der Waals surface area contributed by atoms with Crippen molar-refractivity contribution in [3.05, 3.63) is 41.0 Å². The number of carbonyl (C=O) groups is 1. The van der Waals surface area contributed by atoms with E-state index in [0.29, 0.717) is 25.7 Å². The van der Waals surface area contributed by atoms with Gasteiger partial charge in [0, 0.05) is 31.3 Å². The van der Waals surface area contributed by atoms with Crippen molar-refractivity contribution < 1.29 is 40.3 Å². The summed E-state index contributed by atoms with van der Waals surface area (Å²) in [4.78, 5) is 13.0. The first-order chi connectivity index (χ1) is 15.5. The minimum atomic E-state index is -5.56. The molecule has 1 saturated heterocycles. The van der Waals surface area contributed by atoms with Gasteiger partial charge in [-0.3, -0.25) is 9.69 Å². The normalized spacial score (nSPS) is 17.7. The number of rotatable bonds is 9. The zero-order valence-electron chi connectivity index (χ0n) is 17.8. The molecule has 3 rings (SSSR count). The summed E-state index contributed by atoms with van der Waals surface area (Å²) in [5.74, 6) is -7.58. The topological polar surface area (TPSA) is 41.6 Å². The molecule has 1 amide bonds. The van der Waals surface area contributed by atoms with Gasteiger partial charge in [-0.2, -0.15) is 22.0 Å². The molecule has 0 radical (unpaired) electrons. The molecule has 184 valence electrons. The summed E-state index contributed by atoms with van der Waals surface area (Å²) in [5, 5.41) is 2.53. The van der Waals surface area contributed by atoms with Crippen LogP contribution in [0.1, 0.15) is 48.9 Å². The second-order valence-corrected chi connectivity index (χ2v) is 8.34. The number of benzene rings is 1. The third kappa shape index (κ3) is 7.09. The van der Waals surface area contributed by atoms with Gasteiger partial charge >= 0.3 is 12.1 Å². The van der Waals surface area contributed by atoms with Crippen LogP contribution in [-0.2, 0) is 0 Å². The Hall–Kier alpha value is -2.30. The molecule has 1 saturated carbocycles. The number of amides is 1. The zero-order valence-corrected chi connectivity index (χ0v) is 17.8. The number of allylic oxidation sites excluding steroid dienone is 1. The highest BCUT2D eigenvalue weighted by Gasteiger charge is 2.58. The van der Waals surface area contributed by atoms with Crippen LogP contribution in [-0.4, -0.2) is 55.2 Å². The van der Waals surface area contributed by atoms with Crippen molar-refractivity contribution in [3.8, 4) is 5.75 Å². The maximum absolute atomic E-state index is 14.1. The molecule has 0 spiro atoms. The van der Waals surface area contributed by atoms with Crippen LogP contribution in [0.2, 0.25) is 0 Å². The van der Waals surface area contributed by atoms with Crippen LogP contribution in [0.3, 0.4) is 0 Å². The molecule has 2 fully saturated rings. The van der Waals surface area contributed by atoms with E-state index >= 15 is 0 Å². The summed E-state index contributed by atoms with van der Waals surface area (Å²) in [6, 6.07) is 1.88. The van der Waals surface area contributed by atoms with Crippen LogP contribution in [0.25, 0.3) is 0 Å². The lowest BCUT2D eigenvalue weighted by molar-refractivity contribution is -0.286. The maximum atomic E-state index is 14.1. The van der Waals surface area contributed by atoms with Gasteiger partial charge in [-0.1, -0.05) is 11.6 Å². The summed E-state index contributed by atoms with van der Waals surface area (Å²) in [5.41, 5.74) is 0.322. The Morgan fingerprint density at radius 3 is 2.24 bits per heavy atom. The molecule has 1 aliphatic heterocycles. The van der Waals surface area contributed by atoms with Crippen molar-refractivity contribution in [2.75, 3.05) is 26.2 Å². The Bertz CT molecular complexity index is 849. The number of hydrogen-bond donors (Lipinski definition) is 1. The molecule has 0 aromatic heterocycles. The molecule has 2 aliphatic rings. The zero-order chi connectivity index (χ0) is 24.2. The minimum absolute atomic E-state index is 0.0329. The summed E-state index contributed by atoms with van der Waals surface area (Å²) >= 11 is 0. The second-order valence-electron chi connectivity index (χ2n) is 8.34. The number of piperidine rings is 1. The number of likely N-dealkylation sites (tertiary alicyclic amines) is 1. The van der Waals surface area contributed by atoms with Crippen LogP contribution in [0.5, 0.6) is 5.75 Å². The lowest BCUT2D eigenvalue weighted by atomic mass is 10.0. The third-order valence-corrected chi connectivity index (χ3v) is 5.54. The van der Waals surface area contributed by atoms with Gasteiger partial charge in [-0.15, -0.1) is 0 Å². The first-order valence-corrected chi connectivity index (χ1v) is 10.7. The van der Waals surface area contributed by atoms with E-state index < -0.39 is 41.7 Å². The van der Waals surface area contributed by atoms with Gasteiger partial charge < -0.3 is 10.1 Å². The molecule has 0 bridgehead atoms. The number of carbonyl (C=O) groups excluding carboxylic acids is 1. The van der Waals surface area contributed by atoms with Gasteiger partial charge in [-0.05, 0) is 38.5 Å². The van der Waals surface area contributed by atoms with E-state index in [1.54, 1.807) is 0 Å². The first kappa shape index (κ1) is 25.3. The molecular weight excluding hydrogens is 457 g/mol. The van der Waals surface area contributed by atoms with E-state index in [2.05, 4.69) is 5.32 Å². The first-order valence-electron chi connectivity index (χ1n) is 10.7. The van der Waals surface area contributed by atoms with Crippen molar-refractivity contribution in [1.82, 2.24) is 10.2 Å². The van der Waals surface area contributed by atoms with E-state index in [0.717, 1.165) is 35.4 Å². The lowest BCUT2D eigenvalue weighted by Gasteiger charge is -2.32. The van der Waals surface area contributed by atoms with Crippen molar-refractivity contribution >= 4 is 5.91 Å². The molecule has 33 heavy (non-hydrogen) atoms. The summed E-state index contributed by atoms with van der Waals surface area (Å²) in [6.07, 6.45) is -0.233. The average molecular weight is 482 g/mol. The lowest BCUT2D eigenvalue weighted by Crippen LogP contribution is -2.48. The molecule has 0 atom stereocenters. The number of unbranched alkanes of at least 4 members (excludes halogenated alkanes) is 1. The van der Waals surface area contributed by atoms with Gasteiger partial charge in [0.1, 0.15) is 22.9 Å². The third-order valence-electron chi connectivity index (χ3n) is 5.54. The molecule has 11 heteroatoms. The molecule has 1 aromatic rings. The van der Waals surface area contributed by atoms with Gasteiger partial charge in [0.05, 0.1) is 13.2 Å². The maximum Gasteiger partial charge on any atom is 0.454 e. The standard InChI is InChI=1S/C22H25F7N2O2/c23-17-11-16(12-18(24)19(17)20(32)30-15-4-5-15)33-10-2-1-3-14-6-8-31(9-7-14)13-21(25,26)22(27,28)29/h3,11-12,15H,1-2,4-10,13H2,(H,30,32). The fraction of sp³-hybridized carbons (Fsp3) is 0.591. The van der Waals surface area contributed by atoms with E-state index in [-0.39, 0.29) is 31.5 Å². The monoisotopic (exact) mass is 482 g/mol. The van der Waals surface area contributed by atoms with Crippen molar-refractivity contribution in [3.63, 3.8) is 0 Å². The Kier molecular flexibility index (Phi) is 7.92. The number of nitrogens with one attached hydrogen (secondary N) is 1. The Morgan fingerprint density at radius 2 is 1.70 bits per heavy atom. The van der Waals surface area contributed by atoms with E-state index in [1.165, 1.54) is 0 Å². The van der Waals surface area contributed by atoms with E-state index in [4.69, 9.17) is 4.74 Å². The number of nitrogens with zero attached hydrogens (tertiary/aromatic N) is 1. The van der Waals surface area contributed by atoms with Crippen LogP contribution < -0.4 is 10.1 Å². The Morgan fingerprint density at radius 1 is 1.09 bits per heavy atom. The smallest absolute Gasteiger partial charge is 0.454 e. The SMILES string of the molecule is O=C(NC1CC1)c1c(F)cc(OCCCC=C2CCN(CC(F)(F)C(F)(F)F)CC2)cc1F. The van der Waals surface area contributed by atoms with Gasteiger partial charge in [0.25, 0.3) is 5.91 Å². The molecule has 1 N–H and O–H groups in total. The average Bonchev–Trinajstić information content (AvgIpc) is 3.51. The Labute approximate surface area is 186 Å². The molecule has 1 heterocycles.